The minimum atomic E-state index is -0.218. The number of hydrogen-bond donors (Lipinski definition) is 3. The first kappa shape index (κ1) is 20.0. The molecule has 4 N–H and O–H groups in total. The molecule has 0 aliphatic carbocycles. The lowest BCUT2D eigenvalue weighted by Gasteiger charge is -2.16. The summed E-state index contributed by atoms with van der Waals surface area (Å²) in [6.07, 6.45) is 3.37. The van der Waals surface area contributed by atoms with E-state index in [1.165, 1.54) is 11.3 Å². The normalized spacial score (nSPS) is 10.8. The van der Waals surface area contributed by atoms with Crippen LogP contribution in [-0.4, -0.2) is 23.7 Å². The van der Waals surface area contributed by atoms with E-state index >= 15 is 0 Å². The molecule has 0 unspecified atom stereocenters. The number of carbonyl (C=O) groups excluding carboxylic acids is 1. The van der Waals surface area contributed by atoms with E-state index in [1.807, 2.05) is 26.8 Å². The summed E-state index contributed by atoms with van der Waals surface area (Å²) in [4.78, 5) is 16.1. The Kier molecular flexibility index (Phi) is 7.68. The van der Waals surface area contributed by atoms with Gasteiger partial charge in [-0.1, -0.05) is 25.2 Å². The number of rotatable bonds is 9. The third-order valence-corrected chi connectivity index (χ3v) is 4.52. The summed E-state index contributed by atoms with van der Waals surface area (Å²) in [6, 6.07) is 5.39. The standard InChI is InChI=1S/C18H26N4O3S/c1-4-13(5-2)21-18(23)22-14-7-8-15(12(9-14)11-24-6-3)25-16-10-20-17(19)26-16/h7-10,13H,4-6,11H2,1-3H3,(H2,19,20)(H2,21,22,23). The molecule has 0 radical (unpaired) electrons. The topological polar surface area (TPSA) is 98.5 Å². The summed E-state index contributed by atoms with van der Waals surface area (Å²) in [5, 5.41) is 6.86. The number of nitrogens with zero attached hydrogens (tertiary/aromatic N) is 1. The van der Waals surface area contributed by atoms with Crippen molar-refractivity contribution in [2.24, 2.45) is 0 Å². The Hall–Kier alpha value is -2.32. The second-order valence-electron chi connectivity index (χ2n) is 5.69. The Bertz CT molecular complexity index is 716. The average molecular weight is 378 g/mol. The smallest absolute Gasteiger partial charge is 0.319 e. The average Bonchev–Trinajstić information content (AvgIpc) is 3.04. The van der Waals surface area contributed by atoms with Gasteiger partial charge in [0.2, 0.25) is 5.06 Å². The molecule has 0 aliphatic heterocycles. The van der Waals surface area contributed by atoms with Gasteiger partial charge in [-0.2, -0.15) is 0 Å². The van der Waals surface area contributed by atoms with Gasteiger partial charge in [0.05, 0.1) is 12.8 Å². The fourth-order valence-corrected chi connectivity index (χ4v) is 2.90. The molecule has 26 heavy (non-hydrogen) atoms. The highest BCUT2D eigenvalue weighted by Crippen LogP contribution is 2.32. The van der Waals surface area contributed by atoms with Crippen LogP contribution in [0.3, 0.4) is 0 Å². The van der Waals surface area contributed by atoms with Gasteiger partial charge in [-0.15, -0.1) is 0 Å². The van der Waals surface area contributed by atoms with Crippen molar-refractivity contribution in [3.05, 3.63) is 30.0 Å². The van der Waals surface area contributed by atoms with Gasteiger partial charge in [-0.05, 0) is 38.0 Å². The van der Waals surface area contributed by atoms with Crippen molar-refractivity contribution in [1.82, 2.24) is 10.3 Å². The Morgan fingerprint density at radius 1 is 1.31 bits per heavy atom. The molecule has 2 rings (SSSR count). The zero-order chi connectivity index (χ0) is 18.9. The van der Waals surface area contributed by atoms with E-state index in [1.54, 1.807) is 18.3 Å². The minimum Gasteiger partial charge on any atom is -0.445 e. The molecule has 1 heterocycles. The van der Waals surface area contributed by atoms with E-state index < -0.39 is 0 Å². The van der Waals surface area contributed by atoms with E-state index in [0.717, 1.165) is 18.4 Å². The maximum atomic E-state index is 12.1. The van der Waals surface area contributed by atoms with E-state index in [0.29, 0.717) is 34.8 Å². The number of ether oxygens (including phenoxy) is 2. The molecule has 0 fully saturated rings. The molecule has 2 amide bonds. The van der Waals surface area contributed by atoms with Gasteiger partial charge in [0, 0.05) is 23.9 Å². The summed E-state index contributed by atoms with van der Waals surface area (Å²) in [5.41, 5.74) is 7.15. The van der Waals surface area contributed by atoms with Crippen molar-refractivity contribution < 1.29 is 14.3 Å². The number of nitrogens with two attached hydrogens (primary N) is 1. The SMILES string of the molecule is CCOCc1cc(NC(=O)NC(CC)CC)ccc1Oc1cnc(N)s1. The van der Waals surface area contributed by atoms with Crippen LogP contribution < -0.4 is 21.1 Å². The number of urea groups is 1. The number of nitrogens with one attached hydrogen (secondary N) is 2. The zero-order valence-corrected chi connectivity index (χ0v) is 16.2. The van der Waals surface area contributed by atoms with E-state index in [2.05, 4.69) is 15.6 Å². The lowest BCUT2D eigenvalue weighted by molar-refractivity contribution is 0.132. The van der Waals surface area contributed by atoms with Crippen LogP contribution in [0.25, 0.3) is 0 Å². The number of hydrogen-bond acceptors (Lipinski definition) is 6. The molecule has 0 saturated heterocycles. The third kappa shape index (κ3) is 5.89. The largest absolute Gasteiger partial charge is 0.445 e. The van der Waals surface area contributed by atoms with Gasteiger partial charge < -0.3 is 25.8 Å². The number of aromatic nitrogens is 1. The summed E-state index contributed by atoms with van der Waals surface area (Å²) in [5.74, 6) is 0.646. The lowest BCUT2D eigenvalue weighted by Crippen LogP contribution is -2.37. The highest BCUT2D eigenvalue weighted by Gasteiger charge is 2.12. The van der Waals surface area contributed by atoms with Gasteiger partial charge in [0.1, 0.15) is 5.75 Å². The Morgan fingerprint density at radius 2 is 2.08 bits per heavy atom. The van der Waals surface area contributed by atoms with Crippen molar-refractivity contribution in [3.63, 3.8) is 0 Å². The molecular formula is C18H26N4O3S. The van der Waals surface area contributed by atoms with E-state index in [9.17, 15) is 4.79 Å². The number of nitrogen functional groups attached to an aromatic ring is 1. The maximum absolute atomic E-state index is 12.1. The van der Waals surface area contributed by atoms with Crippen molar-refractivity contribution in [3.8, 4) is 10.8 Å². The molecule has 1 aromatic carbocycles. The fourth-order valence-electron chi connectivity index (χ4n) is 2.35. The second kappa shape index (κ2) is 9.98. The van der Waals surface area contributed by atoms with Crippen LogP contribution in [-0.2, 0) is 11.3 Å². The van der Waals surface area contributed by atoms with Crippen LogP contribution in [0.2, 0.25) is 0 Å². The maximum Gasteiger partial charge on any atom is 0.319 e. The van der Waals surface area contributed by atoms with Crippen LogP contribution in [0.1, 0.15) is 39.2 Å². The number of benzene rings is 1. The molecule has 142 valence electrons. The summed E-state index contributed by atoms with van der Waals surface area (Å²) in [6.45, 7) is 6.99. The Morgan fingerprint density at radius 3 is 2.69 bits per heavy atom. The third-order valence-electron chi connectivity index (χ3n) is 3.81. The predicted molar refractivity (Wildman–Crippen MR) is 105 cm³/mol. The van der Waals surface area contributed by atoms with Crippen LogP contribution in [0.15, 0.2) is 24.4 Å². The molecular weight excluding hydrogens is 352 g/mol. The highest BCUT2D eigenvalue weighted by molar-refractivity contribution is 7.17. The second-order valence-corrected chi connectivity index (χ2v) is 6.72. The molecule has 0 saturated carbocycles. The summed E-state index contributed by atoms with van der Waals surface area (Å²) >= 11 is 1.27. The minimum absolute atomic E-state index is 0.164. The van der Waals surface area contributed by atoms with Crippen molar-refractivity contribution in [2.45, 2.75) is 46.3 Å². The van der Waals surface area contributed by atoms with Gasteiger partial charge in [-0.25, -0.2) is 9.78 Å². The first-order chi connectivity index (χ1) is 12.5. The monoisotopic (exact) mass is 378 g/mol. The Labute approximate surface area is 157 Å². The molecule has 0 atom stereocenters. The van der Waals surface area contributed by atoms with Crippen LogP contribution >= 0.6 is 11.3 Å². The fraction of sp³-hybridized carbons (Fsp3) is 0.444. The van der Waals surface area contributed by atoms with Crippen LogP contribution in [0.5, 0.6) is 10.8 Å². The van der Waals surface area contributed by atoms with Gasteiger partial charge in [0.15, 0.2) is 5.13 Å². The summed E-state index contributed by atoms with van der Waals surface area (Å²) < 4.78 is 11.4. The molecule has 1 aromatic heterocycles. The first-order valence-electron chi connectivity index (χ1n) is 8.73. The molecule has 8 heteroatoms. The lowest BCUT2D eigenvalue weighted by atomic mass is 10.1. The number of thiazole rings is 1. The van der Waals surface area contributed by atoms with Crippen molar-refractivity contribution >= 4 is 28.2 Å². The van der Waals surface area contributed by atoms with Crippen molar-refractivity contribution in [1.29, 1.82) is 0 Å². The molecule has 0 aliphatic rings. The van der Waals surface area contributed by atoms with E-state index in [-0.39, 0.29) is 12.1 Å². The van der Waals surface area contributed by atoms with E-state index in [4.69, 9.17) is 15.2 Å². The Balaban J connectivity index is 2.12. The van der Waals surface area contributed by atoms with Gasteiger partial charge in [0.25, 0.3) is 0 Å². The molecule has 2 aromatic rings. The van der Waals surface area contributed by atoms with Crippen LogP contribution in [0.4, 0.5) is 15.6 Å². The number of carbonyl (C=O) groups is 1. The number of amides is 2. The van der Waals surface area contributed by atoms with Gasteiger partial charge >= 0.3 is 6.03 Å². The van der Waals surface area contributed by atoms with Crippen LogP contribution in [0, 0.1) is 0 Å². The molecule has 7 nitrogen and oxygen atoms in total. The number of anilines is 2. The van der Waals surface area contributed by atoms with Crippen molar-refractivity contribution in [2.75, 3.05) is 17.7 Å². The highest BCUT2D eigenvalue weighted by atomic mass is 32.1. The van der Waals surface area contributed by atoms with Gasteiger partial charge in [-0.3, -0.25) is 0 Å². The summed E-state index contributed by atoms with van der Waals surface area (Å²) in [7, 11) is 0. The molecule has 0 bridgehead atoms. The first-order valence-corrected chi connectivity index (χ1v) is 9.54. The quantitative estimate of drug-likeness (QED) is 0.602. The zero-order valence-electron chi connectivity index (χ0n) is 15.4. The predicted octanol–water partition coefficient (Wildman–Crippen LogP) is 4.36. The molecule has 0 spiro atoms.